The number of nitrogens with two attached hydrogens (primary N) is 1. The summed E-state index contributed by atoms with van der Waals surface area (Å²) in [5, 5.41) is 13.0. The Kier molecular flexibility index (Phi) is 6.48. The van der Waals surface area contributed by atoms with Gasteiger partial charge < -0.3 is 20.7 Å². The number of nitrogens with one attached hydrogen (secondary N) is 1. The number of hydrogen-bond donors (Lipinski definition) is 2. The molecule has 1 saturated heterocycles. The van der Waals surface area contributed by atoms with Crippen molar-refractivity contribution in [3.8, 4) is 6.07 Å². The fourth-order valence-corrected chi connectivity index (χ4v) is 4.90. The van der Waals surface area contributed by atoms with Gasteiger partial charge in [0.15, 0.2) is 0 Å². The molecule has 9 nitrogen and oxygen atoms in total. The van der Waals surface area contributed by atoms with E-state index in [1.165, 1.54) is 11.3 Å². The van der Waals surface area contributed by atoms with Crippen LogP contribution >= 0.6 is 11.3 Å². The van der Waals surface area contributed by atoms with Crippen LogP contribution in [0.5, 0.6) is 0 Å². The van der Waals surface area contributed by atoms with Crippen molar-refractivity contribution < 1.29 is 9.53 Å². The number of carbonyl (C=O) groups is 1. The highest BCUT2D eigenvalue weighted by molar-refractivity contribution is 7.22. The van der Waals surface area contributed by atoms with Gasteiger partial charge in [0.05, 0.1) is 28.7 Å². The van der Waals surface area contributed by atoms with Crippen molar-refractivity contribution in [1.29, 1.82) is 5.26 Å². The van der Waals surface area contributed by atoms with Gasteiger partial charge in [-0.05, 0) is 51.3 Å². The molecule has 1 amide bonds. The minimum atomic E-state index is -0.585. The number of anilines is 2. The number of nitrogen functional groups attached to an aromatic ring is 1. The van der Waals surface area contributed by atoms with E-state index in [2.05, 4.69) is 11.4 Å². The fraction of sp³-hybridized carbons (Fsp3) is 0.417. The molecule has 2 aromatic heterocycles. The first kappa shape index (κ1) is 23.6. The minimum absolute atomic E-state index is 0.149. The Hall–Kier alpha value is -3.58. The molecule has 3 aromatic rings. The standard InChI is InChI=1S/C24H28N6O3S/c1-24(2,3)33-23(32)27-17-9-6-10-29(14-17)22-28-18-11-19(26)34-20(18)21(31)30(22)13-16-8-5-4-7-15(16)12-25/h4-5,7-8,11,17H,6,9-10,13-14,26H2,1-3H3,(H,27,32)/t17-/m1/s1. The van der Waals surface area contributed by atoms with Crippen molar-refractivity contribution in [1.82, 2.24) is 14.9 Å². The summed E-state index contributed by atoms with van der Waals surface area (Å²) in [5.41, 5.74) is 6.99. The number of carbonyl (C=O) groups excluding carboxylic acids is 1. The van der Waals surface area contributed by atoms with E-state index in [0.717, 1.165) is 18.4 Å². The Morgan fingerprint density at radius 1 is 1.38 bits per heavy atom. The van der Waals surface area contributed by atoms with Gasteiger partial charge in [-0.1, -0.05) is 18.2 Å². The van der Waals surface area contributed by atoms with E-state index < -0.39 is 11.7 Å². The Morgan fingerprint density at radius 3 is 2.88 bits per heavy atom. The topological polar surface area (TPSA) is 126 Å². The molecule has 178 valence electrons. The van der Waals surface area contributed by atoms with Crippen LogP contribution in [-0.2, 0) is 11.3 Å². The molecule has 1 aliphatic heterocycles. The van der Waals surface area contributed by atoms with Gasteiger partial charge in [-0.25, -0.2) is 9.78 Å². The van der Waals surface area contributed by atoms with E-state index in [1.54, 1.807) is 22.8 Å². The Morgan fingerprint density at radius 2 is 2.15 bits per heavy atom. The lowest BCUT2D eigenvalue weighted by Crippen LogP contribution is -2.50. The predicted octanol–water partition coefficient (Wildman–Crippen LogP) is 3.45. The van der Waals surface area contributed by atoms with E-state index in [9.17, 15) is 14.9 Å². The van der Waals surface area contributed by atoms with Crippen LogP contribution in [0.4, 0.5) is 15.7 Å². The molecule has 0 aliphatic carbocycles. The van der Waals surface area contributed by atoms with Gasteiger partial charge in [0.2, 0.25) is 5.95 Å². The third kappa shape index (κ3) is 5.15. The Bertz CT molecular complexity index is 1320. The number of aromatic nitrogens is 2. The molecule has 1 atom stereocenters. The van der Waals surface area contributed by atoms with Crippen molar-refractivity contribution in [2.45, 2.75) is 51.8 Å². The summed E-state index contributed by atoms with van der Waals surface area (Å²) in [6.45, 7) is 6.84. The highest BCUT2D eigenvalue weighted by Gasteiger charge is 2.27. The van der Waals surface area contributed by atoms with Gasteiger partial charge in [0.1, 0.15) is 10.3 Å². The first-order chi connectivity index (χ1) is 16.1. The number of nitrogens with zero attached hydrogens (tertiary/aromatic N) is 4. The second-order valence-corrected chi connectivity index (χ2v) is 10.5. The van der Waals surface area contributed by atoms with Gasteiger partial charge in [0, 0.05) is 19.1 Å². The molecule has 0 unspecified atom stereocenters. The quantitative estimate of drug-likeness (QED) is 0.586. The van der Waals surface area contributed by atoms with Crippen LogP contribution in [0.15, 0.2) is 35.1 Å². The number of amides is 1. The average molecular weight is 481 g/mol. The molecule has 0 saturated carbocycles. The van der Waals surface area contributed by atoms with E-state index in [4.69, 9.17) is 15.5 Å². The normalized spacial score (nSPS) is 16.3. The van der Waals surface area contributed by atoms with Gasteiger partial charge >= 0.3 is 6.09 Å². The number of hydrogen-bond acceptors (Lipinski definition) is 8. The number of piperidine rings is 1. The SMILES string of the molecule is CC(C)(C)OC(=O)N[C@@H]1CCCN(c2nc3cc(N)sc3c(=O)n2Cc2ccccc2C#N)C1. The predicted molar refractivity (Wildman–Crippen MR) is 133 cm³/mol. The molecular formula is C24H28N6O3S. The maximum atomic E-state index is 13.5. The van der Waals surface area contributed by atoms with Crippen LogP contribution in [0.1, 0.15) is 44.7 Å². The molecule has 3 heterocycles. The smallest absolute Gasteiger partial charge is 0.407 e. The minimum Gasteiger partial charge on any atom is -0.444 e. The zero-order valence-corrected chi connectivity index (χ0v) is 20.3. The monoisotopic (exact) mass is 480 g/mol. The molecule has 10 heteroatoms. The number of nitriles is 1. The highest BCUT2D eigenvalue weighted by Crippen LogP contribution is 2.27. The van der Waals surface area contributed by atoms with E-state index in [0.29, 0.717) is 39.8 Å². The molecule has 4 rings (SSSR count). The number of thiophene rings is 1. The number of rotatable bonds is 4. The average Bonchev–Trinajstić information content (AvgIpc) is 3.15. The summed E-state index contributed by atoms with van der Waals surface area (Å²) in [4.78, 5) is 32.6. The third-order valence-electron chi connectivity index (χ3n) is 5.52. The number of benzene rings is 1. The van der Waals surface area contributed by atoms with Crippen LogP contribution < -0.4 is 21.5 Å². The summed E-state index contributed by atoms with van der Waals surface area (Å²) in [5.74, 6) is 0.499. The zero-order valence-electron chi connectivity index (χ0n) is 19.5. The summed E-state index contributed by atoms with van der Waals surface area (Å²) < 4.78 is 7.49. The molecule has 0 radical (unpaired) electrons. The van der Waals surface area contributed by atoms with Gasteiger partial charge in [-0.2, -0.15) is 5.26 Å². The van der Waals surface area contributed by atoms with Crippen LogP contribution in [0, 0.1) is 11.3 Å². The van der Waals surface area contributed by atoms with Crippen LogP contribution in [0.25, 0.3) is 10.2 Å². The first-order valence-electron chi connectivity index (χ1n) is 11.2. The summed E-state index contributed by atoms with van der Waals surface area (Å²) in [6, 6.07) is 11.0. The van der Waals surface area contributed by atoms with Crippen LogP contribution in [-0.4, -0.2) is 40.4 Å². The molecule has 1 fully saturated rings. The molecule has 0 bridgehead atoms. The molecule has 1 aromatic carbocycles. The van der Waals surface area contributed by atoms with Gasteiger partial charge in [-0.3, -0.25) is 9.36 Å². The lowest BCUT2D eigenvalue weighted by molar-refractivity contribution is 0.0499. The van der Waals surface area contributed by atoms with Gasteiger partial charge in [0.25, 0.3) is 5.56 Å². The van der Waals surface area contributed by atoms with E-state index in [-0.39, 0.29) is 18.1 Å². The largest absolute Gasteiger partial charge is 0.444 e. The highest BCUT2D eigenvalue weighted by atomic mass is 32.1. The van der Waals surface area contributed by atoms with Crippen LogP contribution in [0.2, 0.25) is 0 Å². The van der Waals surface area contributed by atoms with Crippen molar-refractivity contribution in [2.75, 3.05) is 23.7 Å². The number of alkyl carbamates (subject to hydrolysis) is 1. The zero-order chi connectivity index (χ0) is 24.5. The second-order valence-electron chi connectivity index (χ2n) is 9.37. The summed E-state index contributed by atoms with van der Waals surface area (Å²) >= 11 is 1.21. The molecule has 1 aliphatic rings. The molecule has 3 N–H and O–H groups in total. The maximum Gasteiger partial charge on any atom is 0.407 e. The van der Waals surface area contributed by atoms with Crippen molar-refractivity contribution in [3.05, 3.63) is 51.8 Å². The van der Waals surface area contributed by atoms with E-state index in [1.807, 2.05) is 37.8 Å². The Labute approximate surface area is 201 Å². The summed E-state index contributed by atoms with van der Waals surface area (Å²) in [7, 11) is 0. The van der Waals surface area contributed by atoms with Crippen LogP contribution in [0.3, 0.4) is 0 Å². The van der Waals surface area contributed by atoms with Crippen molar-refractivity contribution in [3.63, 3.8) is 0 Å². The molecule has 34 heavy (non-hydrogen) atoms. The van der Waals surface area contributed by atoms with Crippen molar-refractivity contribution in [2.24, 2.45) is 0 Å². The number of ether oxygens (including phenoxy) is 1. The van der Waals surface area contributed by atoms with E-state index >= 15 is 0 Å². The molecular weight excluding hydrogens is 452 g/mol. The second kappa shape index (κ2) is 9.35. The van der Waals surface area contributed by atoms with Crippen molar-refractivity contribution >= 4 is 38.6 Å². The number of fused-ring (bicyclic) bond motifs is 1. The molecule has 0 spiro atoms. The lowest BCUT2D eigenvalue weighted by atomic mass is 10.1. The Balaban J connectivity index is 1.69. The lowest BCUT2D eigenvalue weighted by Gasteiger charge is -2.35. The maximum absolute atomic E-state index is 13.5. The summed E-state index contributed by atoms with van der Waals surface area (Å²) in [6.07, 6.45) is 1.15. The van der Waals surface area contributed by atoms with Gasteiger partial charge in [-0.15, -0.1) is 11.3 Å². The first-order valence-corrected chi connectivity index (χ1v) is 12.0. The fourth-order valence-electron chi connectivity index (χ4n) is 4.09. The third-order valence-corrected chi connectivity index (χ3v) is 6.47.